The standard InChI is InChI=1S/C10H7ClO2S/c1-5-2-6-3-8(11)7(10(12)13)4-9(6)14-5/h2-4H,1H3,(H,12,13). The van der Waals surface area contributed by atoms with E-state index in [0.29, 0.717) is 5.02 Å². The topological polar surface area (TPSA) is 37.3 Å². The summed E-state index contributed by atoms with van der Waals surface area (Å²) in [6, 6.07) is 5.32. The highest BCUT2D eigenvalue weighted by atomic mass is 35.5. The molecular formula is C10H7ClO2S. The third-order valence-corrected chi connectivity index (χ3v) is 3.29. The van der Waals surface area contributed by atoms with Gasteiger partial charge in [-0.1, -0.05) is 11.6 Å². The molecule has 0 bridgehead atoms. The van der Waals surface area contributed by atoms with Crippen molar-refractivity contribution in [1.29, 1.82) is 0 Å². The second-order valence-electron chi connectivity index (χ2n) is 3.03. The zero-order chi connectivity index (χ0) is 10.3. The Morgan fingerprint density at radius 3 is 2.79 bits per heavy atom. The van der Waals surface area contributed by atoms with Crippen molar-refractivity contribution in [3.8, 4) is 0 Å². The van der Waals surface area contributed by atoms with Crippen molar-refractivity contribution in [2.24, 2.45) is 0 Å². The predicted octanol–water partition coefficient (Wildman–Crippen LogP) is 3.56. The summed E-state index contributed by atoms with van der Waals surface area (Å²) in [7, 11) is 0. The van der Waals surface area contributed by atoms with E-state index in [1.54, 1.807) is 23.5 Å². The normalized spacial score (nSPS) is 10.7. The Bertz CT molecular complexity index is 516. The second-order valence-corrected chi connectivity index (χ2v) is 4.73. The van der Waals surface area contributed by atoms with Crippen molar-refractivity contribution in [3.05, 3.63) is 33.7 Å². The molecule has 2 rings (SSSR count). The SMILES string of the molecule is Cc1cc2cc(Cl)c(C(=O)O)cc2s1. The summed E-state index contributed by atoms with van der Waals surface area (Å²) in [5.41, 5.74) is 0.168. The van der Waals surface area contributed by atoms with Gasteiger partial charge in [0.2, 0.25) is 0 Å². The molecule has 0 fully saturated rings. The first kappa shape index (κ1) is 9.49. The highest BCUT2D eigenvalue weighted by molar-refractivity contribution is 7.19. The maximum absolute atomic E-state index is 10.8. The van der Waals surface area contributed by atoms with E-state index in [1.807, 2.05) is 13.0 Å². The van der Waals surface area contributed by atoms with Crippen LogP contribution in [0.2, 0.25) is 5.02 Å². The molecular weight excluding hydrogens is 220 g/mol. The van der Waals surface area contributed by atoms with Crippen LogP contribution < -0.4 is 0 Å². The Balaban J connectivity index is 2.76. The maximum atomic E-state index is 10.8. The van der Waals surface area contributed by atoms with Crippen LogP contribution in [0.15, 0.2) is 18.2 Å². The number of hydrogen-bond acceptors (Lipinski definition) is 2. The highest BCUT2D eigenvalue weighted by Gasteiger charge is 2.10. The summed E-state index contributed by atoms with van der Waals surface area (Å²) in [4.78, 5) is 11.9. The van der Waals surface area contributed by atoms with Crippen molar-refractivity contribution in [3.63, 3.8) is 0 Å². The van der Waals surface area contributed by atoms with Gasteiger partial charge in [0.05, 0.1) is 10.6 Å². The number of aromatic carboxylic acids is 1. The lowest BCUT2D eigenvalue weighted by molar-refractivity contribution is 0.0697. The first-order valence-electron chi connectivity index (χ1n) is 4.01. The van der Waals surface area contributed by atoms with Crippen LogP contribution in [-0.4, -0.2) is 11.1 Å². The summed E-state index contributed by atoms with van der Waals surface area (Å²) in [5, 5.41) is 10.1. The summed E-state index contributed by atoms with van der Waals surface area (Å²) >= 11 is 7.40. The van der Waals surface area contributed by atoms with E-state index in [4.69, 9.17) is 16.7 Å². The van der Waals surface area contributed by atoms with E-state index in [1.165, 1.54) is 0 Å². The molecule has 1 N–H and O–H groups in total. The number of fused-ring (bicyclic) bond motifs is 1. The number of rotatable bonds is 1. The molecule has 0 spiro atoms. The molecule has 14 heavy (non-hydrogen) atoms. The van der Waals surface area contributed by atoms with E-state index >= 15 is 0 Å². The Morgan fingerprint density at radius 2 is 2.14 bits per heavy atom. The van der Waals surface area contributed by atoms with Crippen LogP contribution in [0, 0.1) is 6.92 Å². The number of benzene rings is 1. The van der Waals surface area contributed by atoms with Crippen molar-refractivity contribution >= 4 is 39.0 Å². The summed E-state index contributed by atoms with van der Waals surface area (Å²) in [5.74, 6) is -0.983. The first-order chi connectivity index (χ1) is 6.58. The summed E-state index contributed by atoms with van der Waals surface area (Å²) in [6.45, 7) is 1.99. The third-order valence-electron chi connectivity index (χ3n) is 1.96. The minimum absolute atomic E-state index is 0.168. The third kappa shape index (κ3) is 1.49. The van der Waals surface area contributed by atoms with Crippen LogP contribution in [0.4, 0.5) is 0 Å². The molecule has 1 heterocycles. The molecule has 2 aromatic rings. The molecule has 1 aromatic heterocycles. The summed E-state index contributed by atoms with van der Waals surface area (Å²) in [6.07, 6.45) is 0. The number of carboxylic acids is 1. The minimum atomic E-state index is -0.983. The van der Waals surface area contributed by atoms with Crippen molar-refractivity contribution in [2.45, 2.75) is 6.92 Å². The van der Waals surface area contributed by atoms with E-state index in [2.05, 4.69) is 0 Å². The highest BCUT2D eigenvalue weighted by Crippen LogP contribution is 2.30. The number of hydrogen-bond donors (Lipinski definition) is 1. The molecule has 0 aliphatic rings. The van der Waals surface area contributed by atoms with Crippen LogP contribution in [0.1, 0.15) is 15.2 Å². The van der Waals surface area contributed by atoms with Gasteiger partial charge in [0.25, 0.3) is 0 Å². The molecule has 0 amide bonds. The van der Waals surface area contributed by atoms with Crippen molar-refractivity contribution < 1.29 is 9.90 Å². The van der Waals surface area contributed by atoms with Gasteiger partial charge >= 0.3 is 5.97 Å². The lowest BCUT2D eigenvalue weighted by Gasteiger charge is -1.97. The van der Waals surface area contributed by atoms with E-state index in [-0.39, 0.29) is 5.56 Å². The predicted molar refractivity (Wildman–Crippen MR) is 58.5 cm³/mol. The largest absolute Gasteiger partial charge is 0.478 e. The lowest BCUT2D eigenvalue weighted by Crippen LogP contribution is -1.96. The first-order valence-corrected chi connectivity index (χ1v) is 5.20. The molecule has 0 saturated carbocycles. The zero-order valence-electron chi connectivity index (χ0n) is 7.37. The molecule has 4 heteroatoms. The van der Waals surface area contributed by atoms with E-state index in [9.17, 15) is 4.79 Å². The average Bonchev–Trinajstić information content (AvgIpc) is 2.42. The molecule has 0 radical (unpaired) electrons. The van der Waals surface area contributed by atoms with Gasteiger partial charge in [0.15, 0.2) is 0 Å². The molecule has 0 saturated heterocycles. The van der Waals surface area contributed by atoms with Gasteiger partial charge in [0, 0.05) is 9.58 Å². The van der Waals surface area contributed by atoms with E-state index in [0.717, 1.165) is 15.0 Å². The number of aryl methyl sites for hydroxylation is 1. The minimum Gasteiger partial charge on any atom is -0.478 e. The number of thiophene rings is 1. The van der Waals surface area contributed by atoms with Crippen molar-refractivity contribution in [1.82, 2.24) is 0 Å². The van der Waals surface area contributed by atoms with Gasteiger partial charge in [0.1, 0.15) is 0 Å². The molecule has 0 aliphatic carbocycles. The molecule has 2 nitrogen and oxygen atoms in total. The zero-order valence-corrected chi connectivity index (χ0v) is 8.95. The van der Waals surface area contributed by atoms with Crippen LogP contribution >= 0.6 is 22.9 Å². The van der Waals surface area contributed by atoms with Gasteiger partial charge in [-0.2, -0.15) is 0 Å². The second kappa shape index (κ2) is 3.26. The molecule has 0 atom stereocenters. The van der Waals surface area contributed by atoms with Crippen LogP contribution in [0.25, 0.3) is 10.1 Å². The van der Waals surface area contributed by atoms with Crippen LogP contribution in [-0.2, 0) is 0 Å². The van der Waals surface area contributed by atoms with Gasteiger partial charge in [-0.15, -0.1) is 11.3 Å². The van der Waals surface area contributed by atoms with Gasteiger partial charge in [-0.3, -0.25) is 0 Å². The monoisotopic (exact) mass is 226 g/mol. The molecule has 1 aromatic carbocycles. The average molecular weight is 227 g/mol. The molecule has 0 aliphatic heterocycles. The fourth-order valence-corrected chi connectivity index (χ4v) is 2.55. The van der Waals surface area contributed by atoms with E-state index < -0.39 is 5.97 Å². The van der Waals surface area contributed by atoms with Gasteiger partial charge in [-0.05, 0) is 30.5 Å². The fraction of sp³-hybridized carbons (Fsp3) is 0.100. The number of carboxylic acid groups (broad SMARTS) is 1. The van der Waals surface area contributed by atoms with Crippen LogP contribution in [0.5, 0.6) is 0 Å². The Labute approximate surface area is 89.7 Å². The van der Waals surface area contributed by atoms with Gasteiger partial charge in [-0.25, -0.2) is 4.79 Å². The lowest BCUT2D eigenvalue weighted by atomic mass is 10.2. The fourth-order valence-electron chi connectivity index (χ4n) is 1.36. The number of carbonyl (C=O) groups is 1. The molecule has 72 valence electrons. The number of halogens is 1. The maximum Gasteiger partial charge on any atom is 0.337 e. The van der Waals surface area contributed by atoms with Gasteiger partial charge < -0.3 is 5.11 Å². The van der Waals surface area contributed by atoms with Crippen molar-refractivity contribution in [2.75, 3.05) is 0 Å². The smallest absolute Gasteiger partial charge is 0.337 e. The summed E-state index contributed by atoms with van der Waals surface area (Å²) < 4.78 is 0.962. The Hall–Kier alpha value is -1.06. The quantitative estimate of drug-likeness (QED) is 0.807. The van der Waals surface area contributed by atoms with Crippen LogP contribution in [0.3, 0.4) is 0 Å². The Morgan fingerprint density at radius 1 is 1.43 bits per heavy atom. The Kier molecular flexibility index (Phi) is 2.21. The molecule has 0 unspecified atom stereocenters.